The first-order valence-electron chi connectivity index (χ1n) is 7.56. The van der Waals surface area contributed by atoms with Gasteiger partial charge in [-0.1, -0.05) is 6.07 Å². The third-order valence-corrected chi connectivity index (χ3v) is 4.00. The molecule has 2 heterocycles. The number of anilines is 2. The number of rotatable bonds is 4. The van der Waals surface area contributed by atoms with Crippen molar-refractivity contribution >= 4 is 23.8 Å². The molecule has 1 aliphatic heterocycles. The predicted molar refractivity (Wildman–Crippen MR) is 89.8 cm³/mol. The summed E-state index contributed by atoms with van der Waals surface area (Å²) in [4.78, 5) is 1.86. The van der Waals surface area contributed by atoms with Gasteiger partial charge in [-0.05, 0) is 29.7 Å². The minimum Gasteiger partial charge on any atom is -0.353 e. The third kappa shape index (κ3) is 4.88. The highest BCUT2D eigenvalue weighted by Gasteiger charge is 2.28. The van der Waals surface area contributed by atoms with Gasteiger partial charge in [0.25, 0.3) is 0 Å². The van der Waals surface area contributed by atoms with Gasteiger partial charge in [0.05, 0.1) is 18.3 Å². The molecule has 24 heavy (non-hydrogen) atoms. The zero-order valence-electron chi connectivity index (χ0n) is 13.3. The molecule has 0 bridgehead atoms. The average molecular weight is 361 g/mol. The molecule has 0 spiro atoms. The highest BCUT2D eigenvalue weighted by molar-refractivity contribution is 5.85. The number of fused-ring (bicyclic) bond motifs is 1. The molecule has 0 amide bonds. The van der Waals surface area contributed by atoms with Crippen LogP contribution in [0.15, 0.2) is 30.6 Å². The van der Waals surface area contributed by atoms with Gasteiger partial charge in [-0.15, -0.1) is 12.4 Å². The molecule has 1 aromatic heterocycles. The summed E-state index contributed by atoms with van der Waals surface area (Å²) in [6.07, 6.45) is -0.454. The van der Waals surface area contributed by atoms with E-state index >= 15 is 0 Å². The van der Waals surface area contributed by atoms with Gasteiger partial charge >= 0.3 is 6.18 Å². The summed E-state index contributed by atoms with van der Waals surface area (Å²) in [6, 6.07) is 6.06. The molecule has 3 rings (SSSR count). The van der Waals surface area contributed by atoms with Crippen molar-refractivity contribution in [2.75, 3.05) is 18.4 Å². The molecule has 2 aromatic rings. The van der Waals surface area contributed by atoms with Crippen molar-refractivity contribution in [3.05, 3.63) is 41.7 Å². The Labute approximate surface area is 145 Å². The van der Waals surface area contributed by atoms with E-state index in [-0.39, 0.29) is 19.0 Å². The van der Waals surface area contributed by atoms with E-state index in [1.807, 2.05) is 30.3 Å². The van der Waals surface area contributed by atoms with Crippen molar-refractivity contribution in [3.63, 3.8) is 0 Å². The lowest BCUT2D eigenvalue weighted by atomic mass is 9.99. The number of halogens is 4. The van der Waals surface area contributed by atoms with Crippen molar-refractivity contribution in [2.24, 2.45) is 7.05 Å². The normalized spacial score (nSPS) is 14.8. The van der Waals surface area contributed by atoms with E-state index in [1.54, 1.807) is 10.9 Å². The van der Waals surface area contributed by atoms with Gasteiger partial charge in [-0.25, -0.2) is 0 Å². The van der Waals surface area contributed by atoms with Crippen LogP contribution in [0.4, 0.5) is 24.5 Å². The van der Waals surface area contributed by atoms with Gasteiger partial charge in [-0.3, -0.25) is 9.58 Å². The maximum absolute atomic E-state index is 12.4. The zero-order chi connectivity index (χ0) is 16.4. The standard InChI is InChI=1S/C16H19F3N4.ClH/c1-22-11-15(9-20-22)21-14-3-2-12-4-6-23(10-13(12)8-14)7-5-16(17,18)19;/h2-3,8-9,11,21H,4-7,10H2,1H3;1H. The lowest BCUT2D eigenvalue weighted by Crippen LogP contribution is -2.33. The van der Waals surface area contributed by atoms with Crippen molar-refractivity contribution in [2.45, 2.75) is 25.6 Å². The van der Waals surface area contributed by atoms with Crippen molar-refractivity contribution in [1.82, 2.24) is 14.7 Å². The fourth-order valence-electron chi connectivity index (χ4n) is 2.82. The highest BCUT2D eigenvalue weighted by atomic mass is 35.5. The minimum atomic E-state index is -4.09. The number of hydrogen-bond acceptors (Lipinski definition) is 3. The first-order chi connectivity index (χ1) is 10.9. The first-order valence-corrected chi connectivity index (χ1v) is 7.56. The fraction of sp³-hybridized carbons (Fsp3) is 0.438. The number of nitrogens with zero attached hydrogens (tertiary/aromatic N) is 3. The quantitative estimate of drug-likeness (QED) is 0.897. The van der Waals surface area contributed by atoms with Crippen LogP contribution in [0, 0.1) is 0 Å². The third-order valence-electron chi connectivity index (χ3n) is 4.00. The van der Waals surface area contributed by atoms with Crippen LogP contribution in [0.3, 0.4) is 0 Å². The summed E-state index contributed by atoms with van der Waals surface area (Å²) < 4.78 is 38.8. The molecule has 0 radical (unpaired) electrons. The molecular weight excluding hydrogens is 341 g/mol. The first kappa shape index (κ1) is 18.6. The summed E-state index contributed by atoms with van der Waals surface area (Å²) in [5.41, 5.74) is 4.11. The van der Waals surface area contributed by atoms with Gasteiger partial charge in [0.15, 0.2) is 0 Å². The Morgan fingerprint density at radius 2 is 2.00 bits per heavy atom. The second kappa shape index (κ2) is 7.44. The van der Waals surface area contributed by atoms with Gasteiger partial charge in [0.1, 0.15) is 0 Å². The summed E-state index contributed by atoms with van der Waals surface area (Å²) in [5, 5.41) is 7.36. The van der Waals surface area contributed by atoms with E-state index in [9.17, 15) is 13.2 Å². The highest BCUT2D eigenvalue weighted by Crippen LogP contribution is 2.26. The molecule has 1 aliphatic rings. The van der Waals surface area contributed by atoms with E-state index in [2.05, 4.69) is 16.5 Å². The molecule has 0 fully saturated rings. The number of alkyl halides is 3. The van der Waals surface area contributed by atoms with Crippen LogP contribution in [0.25, 0.3) is 0 Å². The van der Waals surface area contributed by atoms with Gasteiger partial charge < -0.3 is 5.32 Å². The van der Waals surface area contributed by atoms with Crippen LogP contribution in [0.2, 0.25) is 0 Å². The maximum Gasteiger partial charge on any atom is 0.390 e. The Morgan fingerprint density at radius 3 is 2.67 bits per heavy atom. The Morgan fingerprint density at radius 1 is 1.21 bits per heavy atom. The molecular formula is C16H20ClF3N4. The number of aryl methyl sites for hydroxylation is 1. The summed E-state index contributed by atoms with van der Waals surface area (Å²) >= 11 is 0. The topological polar surface area (TPSA) is 33.1 Å². The summed E-state index contributed by atoms with van der Waals surface area (Å²) in [6.45, 7) is 1.30. The number of benzene rings is 1. The molecule has 0 unspecified atom stereocenters. The van der Waals surface area contributed by atoms with Crippen molar-refractivity contribution in [1.29, 1.82) is 0 Å². The molecule has 0 aliphatic carbocycles. The Bertz CT molecular complexity index is 684. The van der Waals surface area contributed by atoms with E-state index in [4.69, 9.17) is 0 Å². The zero-order valence-corrected chi connectivity index (χ0v) is 14.1. The SMILES string of the molecule is Cl.Cn1cc(Nc2ccc3c(c2)CN(CCC(F)(F)F)CC3)cn1. The maximum atomic E-state index is 12.4. The molecule has 0 atom stereocenters. The lowest BCUT2D eigenvalue weighted by molar-refractivity contribution is -0.138. The molecule has 8 heteroatoms. The number of hydrogen-bond donors (Lipinski definition) is 1. The molecule has 132 valence electrons. The van der Waals surface area contributed by atoms with Crippen molar-refractivity contribution in [3.8, 4) is 0 Å². The van der Waals surface area contributed by atoms with Crippen LogP contribution in [0.1, 0.15) is 17.5 Å². The van der Waals surface area contributed by atoms with Gasteiger partial charge in [0, 0.05) is 38.6 Å². The smallest absolute Gasteiger partial charge is 0.353 e. The van der Waals surface area contributed by atoms with E-state index in [0.717, 1.165) is 23.4 Å². The predicted octanol–water partition coefficient (Wildman–Crippen LogP) is 3.90. The minimum absolute atomic E-state index is 0. The monoisotopic (exact) mass is 360 g/mol. The van der Waals surface area contributed by atoms with Gasteiger partial charge in [0.2, 0.25) is 0 Å². The Hall–Kier alpha value is -1.73. The van der Waals surface area contributed by atoms with Crippen LogP contribution >= 0.6 is 12.4 Å². The van der Waals surface area contributed by atoms with Gasteiger partial charge in [-0.2, -0.15) is 18.3 Å². The fourth-order valence-corrected chi connectivity index (χ4v) is 2.82. The molecule has 0 saturated carbocycles. The Kier molecular flexibility index (Phi) is 5.77. The van der Waals surface area contributed by atoms with E-state index < -0.39 is 12.6 Å². The molecule has 4 nitrogen and oxygen atoms in total. The molecule has 0 saturated heterocycles. The van der Waals surface area contributed by atoms with Crippen LogP contribution in [-0.4, -0.2) is 33.9 Å². The number of nitrogens with one attached hydrogen (secondary N) is 1. The second-order valence-electron chi connectivity index (χ2n) is 5.90. The molecule has 1 N–H and O–H groups in total. The summed E-state index contributed by atoms with van der Waals surface area (Å²) in [7, 11) is 1.84. The van der Waals surface area contributed by atoms with Crippen LogP contribution in [0.5, 0.6) is 0 Å². The van der Waals surface area contributed by atoms with E-state index in [0.29, 0.717) is 13.1 Å². The second-order valence-corrected chi connectivity index (χ2v) is 5.90. The lowest BCUT2D eigenvalue weighted by Gasteiger charge is -2.29. The largest absolute Gasteiger partial charge is 0.390 e. The Balaban J connectivity index is 0.00000208. The van der Waals surface area contributed by atoms with Crippen molar-refractivity contribution < 1.29 is 13.2 Å². The van der Waals surface area contributed by atoms with E-state index in [1.165, 1.54) is 5.56 Å². The number of aromatic nitrogens is 2. The van der Waals surface area contributed by atoms with Crippen LogP contribution in [-0.2, 0) is 20.0 Å². The van der Waals surface area contributed by atoms with Crippen LogP contribution < -0.4 is 5.32 Å². The average Bonchev–Trinajstić information content (AvgIpc) is 2.89. The molecule has 1 aromatic carbocycles. The summed E-state index contributed by atoms with van der Waals surface area (Å²) in [5.74, 6) is 0.